The smallest absolute Gasteiger partial charge is 0.145 e. The lowest BCUT2D eigenvalue weighted by molar-refractivity contribution is 0.414. The van der Waals surface area contributed by atoms with E-state index in [2.05, 4.69) is 205 Å². The highest BCUT2D eigenvalue weighted by Crippen LogP contribution is 2.45. The summed E-state index contributed by atoms with van der Waals surface area (Å²) >= 11 is 0. The number of ether oxygens (including phenoxy) is 2. The fourth-order valence-corrected chi connectivity index (χ4v) is 8.96. The van der Waals surface area contributed by atoms with Crippen molar-refractivity contribution in [1.82, 2.24) is 9.55 Å². The number of hydrogen-bond donors (Lipinski definition) is 0. The van der Waals surface area contributed by atoms with E-state index in [4.69, 9.17) is 14.5 Å². The number of benzene rings is 9. The van der Waals surface area contributed by atoms with Crippen LogP contribution < -0.4 is 9.47 Å². The van der Waals surface area contributed by atoms with Crippen LogP contribution in [0.1, 0.15) is 22.3 Å². The molecule has 10 aromatic rings. The Hall–Kier alpha value is -7.43. The summed E-state index contributed by atoms with van der Waals surface area (Å²) in [6, 6.07) is 73.9. The molecule has 284 valence electrons. The van der Waals surface area contributed by atoms with E-state index in [9.17, 15) is 0 Å². The summed E-state index contributed by atoms with van der Waals surface area (Å²) < 4.78 is 13.6. The van der Waals surface area contributed by atoms with Crippen molar-refractivity contribution in [2.75, 3.05) is 14.2 Å². The number of nitrogens with zero attached hydrogens (tertiary/aromatic N) is 2. The molecule has 0 N–H and O–H groups in total. The van der Waals surface area contributed by atoms with Gasteiger partial charge < -0.3 is 9.47 Å². The Morgan fingerprint density at radius 3 is 1.69 bits per heavy atom. The van der Waals surface area contributed by atoms with E-state index in [1.807, 2.05) is 6.07 Å². The molecule has 1 heterocycles. The quantitative estimate of drug-likeness (QED) is 0.103. The van der Waals surface area contributed by atoms with E-state index in [0.29, 0.717) is 6.42 Å². The number of fused-ring (bicyclic) bond motifs is 3. The first-order valence-electron chi connectivity index (χ1n) is 20.1. The number of hydrogen-bond acceptors (Lipinski definition) is 3. The highest BCUT2D eigenvalue weighted by atomic mass is 16.5. The van der Waals surface area contributed by atoms with Crippen LogP contribution in [0.15, 0.2) is 206 Å². The number of para-hydroxylation sites is 3. The predicted octanol–water partition coefficient (Wildman–Crippen LogP) is 13.3. The van der Waals surface area contributed by atoms with Crippen LogP contribution in [-0.4, -0.2) is 23.8 Å². The Kier molecular flexibility index (Phi) is 9.23. The fraction of sp³-hybridized carbons (Fsp3) is 0.0727. The summed E-state index contributed by atoms with van der Waals surface area (Å²) in [4.78, 5) is 5.19. The van der Waals surface area contributed by atoms with Crippen LogP contribution in [0, 0.1) is 0 Å². The number of rotatable bonds is 10. The van der Waals surface area contributed by atoms with Gasteiger partial charge in [0.05, 0.1) is 25.3 Å². The molecular weight excluding hydrogens is 721 g/mol. The average Bonchev–Trinajstić information content (AvgIpc) is 3.70. The second-order valence-corrected chi connectivity index (χ2v) is 15.1. The van der Waals surface area contributed by atoms with Crippen molar-refractivity contribution >= 4 is 32.6 Å². The number of aromatic nitrogens is 2. The summed E-state index contributed by atoms with van der Waals surface area (Å²) in [5.41, 5.74) is 10.7. The van der Waals surface area contributed by atoms with E-state index in [0.717, 1.165) is 50.7 Å². The van der Waals surface area contributed by atoms with Gasteiger partial charge in [-0.3, -0.25) is 4.57 Å². The van der Waals surface area contributed by atoms with Gasteiger partial charge in [-0.05, 0) is 116 Å². The highest BCUT2D eigenvalue weighted by molar-refractivity contribution is 6.12. The van der Waals surface area contributed by atoms with Crippen LogP contribution in [0.2, 0.25) is 0 Å². The van der Waals surface area contributed by atoms with Crippen LogP contribution in [-0.2, 0) is 11.8 Å². The molecule has 0 atom stereocenters. The molecule has 0 fully saturated rings. The average molecular weight is 763 g/mol. The fourth-order valence-electron chi connectivity index (χ4n) is 8.96. The Morgan fingerprint density at radius 1 is 0.475 bits per heavy atom. The molecule has 0 saturated carbocycles. The zero-order valence-corrected chi connectivity index (χ0v) is 33.0. The van der Waals surface area contributed by atoms with Crippen LogP contribution in [0.25, 0.3) is 60.8 Å². The van der Waals surface area contributed by atoms with Gasteiger partial charge in [-0.2, -0.15) is 0 Å². The lowest BCUT2D eigenvalue weighted by atomic mass is 9.66. The van der Waals surface area contributed by atoms with Crippen LogP contribution in [0.4, 0.5) is 0 Å². The Labute approximate surface area is 344 Å². The molecule has 0 radical (unpaired) electrons. The van der Waals surface area contributed by atoms with E-state index in [1.165, 1.54) is 43.8 Å². The summed E-state index contributed by atoms with van der Waals surface area (Å²) in [7, 11) is 3.44. The minimum atomic E-state index is -0.603. The molecule has 0 bridgehead atoms. The minimum Gasteiger partial charge on any atom is -0.497 e. The predicted molar refractivity (Wildman–Crippen MR) is 243 cm³/mol. The van der Waals surface area contributed by atoms with Crippen molar-refractivity contribution in [2.24, 2.45) is 0 Å². The van der Waals surface area contributed by atoms with Gasteiger partial charge in [-0.15, -0.1) is 0 Å². The Balaban J connectivity index is 1.19. The normalized spacial score (nSPS) is 11.6. The maximum atomic E-state index is 5.69. The van der Waals surface area contributed by atoms with E-state index in [1.54, 1.807) is 14.2 Å². The second kappa shape index (κ2) is 15.1. The summed E-state index contributed by atoms with van der Waals surface area (Å²) in [5.74, 6) is 2.54. The maximum Gasteiger partial charge on any atom is 0.145 e. The van der Waals surface area contributed by atoms with Gasteiger partial charge >= 0.3 is 0 Å². The Morgan fingerprint density at radius 2 is 1.03 bits per heavy atom. The molecular formula is C55H42N2O2. The number of methoxy groups -OCH3 is 2. The molecule has 4 nitrogen and oxygen atoms in total. The van der Waals surface area contributed by atoms with Crippen LogP contribution >= 0.6 is 0 Å². The van der Waals surface area contributed by atoms with Gasteiger partial charge in [0, 0.05) is 16.7 Å². The molecule has 9 aromatic carbocycles. The van der Waals surface area contributed by atoms with Crippen molar-refractivity contribution in [2.45, 2.75) is 11.8 Å². The zero-order chi connectivity index (χ0) is 39.8. The molecule has 0 amide bonds. The highest BCUT2D eigenvalue weighted by Gasteiger charge is 2.37. The van der Waals surface area contributed by atoms with E-state index >= 15 is 0 Å². The van der Waals surface area contributed by atoms with Crippen molar-refractivity contribution in [3.8, 4) is 39.7 Å². The first-order valence-corrected chi connectivity index (χ1v) is 20.1. The van der Waals surface area contributed by atoms with Gasteiger partial charge in [0.1, 0.15) is 17.3 Å². The summed E-state index contributed by atoms with van der Waals surface area (Å²) in [6.07, 6.45) is 0.699. The van der Waals surface area contributed by atoms with Crippen molar-refractivity contribution in [1.29, 1.82) is 0 Å². The zero-order valence-electron chi connectivity index (χ0n) is 33.0. The van der Waals surface area contributed by atoms with Crippen molar-refractivity contribution < 1.29 is 9.47 Å². The monoisotopic (exact) mass is 762 g/mol. The van der Waals surface area contributed by atoms with Gasteiger partial charge in [0.15, 0.2) is 0 Å². The van der Waals surface area contributed by atoms with Crippen LogP contribution in [0.3, 0.4) is 0 Å². The maximum absolute atomic E-state index is 5.69. The standard InChI is InChI=1S/C55H42N2O2/c1-58-47-31-27-44(28-32-47)55(45-29-33-48(59-2)34-30-45,37-38-21-22-42-36-41-15-9-10-18-49(41)53(50(42)35-38)39-13-5-3-6-14-39)43-25-23-40(24-26-43)54-56-51-19-11-12-20-52(51)57(54)46-16-7-4-8-17-46/h3-36H,37H2,1-2H3. The van der Waals surface area contributed by atoms with Crippen LogP contribution in [0.5, 0.6) is 11.5 Å². The topological polar surface area (TPSA) is 36.3 Å². The number of imidazole rings is 1. The summed E-state index contributed by atoms with van der Waals surface area (Å²) in [6.45, 7) is 0. The third-order valence-corrected chi connectivity index (χ3v) is 11.8. The van der Waals surface area contributed by atoms with Crippen molar-refractivity contribution in [3.63, 3.8) is 0 Å². The van der Waals surface area contributed by atoms with Gasteiger partial charge in [0.25, 0.3) is 0 Å². The molecule has 10 rings (SSSR count). The molecule has 0 aliphatic rings. The van der Waals surface area contributed by atoms with Gasteiger partial charge in [-0.1, -0.05) is 152 Å². The lowest BCUT2D eigenvalue weighted by Crippen LogP contribution is -2.32. The SMILES string of the molecule is COc1ccc(C(Cc2ccc3cc4ccccc4c(-c4ccccc4)c3c2)(c2ccc(OC)cc2)c2ccc(-c3nc4ccccc4n3-c3ccccc3)cc2)cc1. The molecule has 4 heteroatoms. The Bertz CT molecular complexity index is 3010. The third-order valence-electron chi connectivity index (χ3n) is 11.8. The first kappa shape index (κ1) is 35.9. The molecule has 0 unspecified atom stereocenters. The van der Waals surface area contributed by atoms with E-state index in [-0.39, 0.29) is 0 Å². The first-order chi connectivity index (χ1) is 29.1. The van der Waals surface area contributed by atoms with Gasteiger partial charge in [-0.25, -0.2) is 4.98 Å². The second-order valence-electron chi connectivity index (χ2n) is 15.1. The molecule has 0 aliphatic carbocycles. The van der Waals surface area contributed by atoms with E-state index < -0.39 is 5.41 Å². The van der Waals surface area contributed by atoms with Gasteiger partial charge in [0.2, 0.25) is 0 Å². The minimum absolute atomic E-state index is 0.603. The molecule has 0 spiro atoms. The third kappa shape index (κ3) is 6.40. The summed E-state index contributed by atoms with van der Waals surface area (Å²) in [5, 5.41) is 4.94. The lowest BCUT2D eigenvalue weighted by Gasteiger charge is -2.37. The molecule has 0 aliphatic heterocycles. The molecule has 0 saturated heterocycles. The van der Waals surface area contributed by atoms with Crippen molar-refractivity contribution in [3.05, 3.63) is 229 Å². The molecule has 1 aromatic heterocycles. The largest absolute Gasteiger partial charge is 0.497 e. The molecule has 59 heavy (non-hydrogen) atoms.